The Morgan fingerprint density at radius 2 is 2.00 bits per heavy atom. The Bertz CT molecular complexity index is 536. The van der Waals surface area contributed by atoms with E-state index in [1.165, 1.54) is 23.3 Å². The van der Waals surface area contributed by atoms with E-state index in [1.54, 1.807) is 11.3 Å². The van der Waals surface area contributed by atoms with Crippen LogP contribution in [0, 0.1) is 0 Å². The van der Waals surface area contributed by atoms with Crippen LogP contribution in [0.25, 0.3) is 5.57 Å². The predicted molar refractivity (Wildman–Crippen MR) is 83.8 cm³/mol. The van der Waals surface area contributed by atoms with Gasteiger partial charge in [0.25, 0.3) is 5.91 Å². The molecule has 3 rings (SSSR count). The lowest BCUT2D eigenvalue weighted by Gasteiger charge is -2.19. The van der Waals surface area contributed by atoms with Crippen LogP contribution in [0.15, 0.2) is 29.8 Å². The Hall–Kier alpha value is -1.55. The Kier molecular flexibility index (Phi) is 4.21. The molecular formula is C16H20N2OS. The van der Waals surface area contributed by atoms with Gasteiger partial charge in [-0.1, -0.05) is 18.9 Å². The van der Waals surface area contributed by atoms with Gasteiger partial charge in [-0.25, -0.2) is 0 Å². The average molecular weight is 288 g/mol. The summed E-state index contributed by atoms with van der Waals surface area (Å²) in [5, 5.41) is 5.14. The maximum atomic E-state index is 12.5. The number of rotatable bonds is 2. The van der Waals surface area contributed by atoms with Crippen molar-refractivity contribution >= 4 is 22.8 Å². The van der Waals surface area contributed by atoms with E-state index in [1.807, 2.05) is 22.5 Å². The number of thiophene rings is 1. The van der Waals surface area contributed by atoms with Crippen molar-refractivity contribution in [3.63, 3.8) is 0 Å². The summed E-state index contributed by atoms with van der Waals surface area (Å²) in [5.74, 6) is 0.202. The van der Waals surface area contributed by atoms with Gasteiger partial charge in [0.05, 0.1) is 5.56 Å². The van der Waals surface area contributed by atoms with Crippen LogP contribution in [0.2, 0.25) is 0 Å². The van der Waals surface area contributed by atoms with E-state index in [4.69, 9.17) is 0 Å². The smallest absolute Gasteiger partial charge is 0.254 e. The Labute approximate surface area is 124 Å². The molecule has 2 aliphatic heterocycles. The number of likely N-dealkylation sites (tertiary alicyclic amines) is 1. The number of hydrogen-bond acceptors (Lipinski definition) is 3. The van der Waals surface area contributed by atoms with Crippen molar-refractivity contribution in [2.24, 2.45) is 0 Å². The summed E-state index contributed by atoms with van der Waals surface area (Å²) in [6.45, 7) is 2.69. The molecule has 0 unspecified atom stereocenters. The normalized spacial score (nSPS) is 19.2. The molecule has 0 spiro atoms. The van der Waals surface area contributed by atoms with E-state index in [0.29, 0.717) is 0 Å². The molecule has 3 nitrogen and oxygen atoms in total. The largest absolute Gasteiger partial charge is 0.387 e. The van der Waals surface area contributed by atoms with E-state index in [0.717, 1.165) is 38.0 Å². The maximum Gasteiger partial charge on any atom is 0.254 e. The average Bonchev–Trinajstić information content (AvgIpc) is 2.83. The quantitative estimate of drug-likeness (QED) is 0.906. The molecule has 0 aromatic carbocycles. The number of nitrogens with one attached hydrogen (secondary N) is 1. The molecule has 3 heterocycles. The van der Waals surface area contributed by atoms with Crippen molar-refractivity contribution in [3.8, 4) is 0 Å². The summed E-state index contributed by atoms with van der Waals surface area (Å²) in [6.07, 6.45) is 11.0. The lowest BCUT2D eigenvalue weighted by atomic mass is 10.1. The summed E-state index contributed by atoms with van der Waals surface area (Å²) >= 11 is 1.66. The number of carbonyl (C=O) groups excluding carboxylic acids is 1. The van der Waals surface area contributed by atoms with E-state index < -0.39 is 0 Å². The minimum atomic E-state index is 0.202. The first-order chi connectivity index (χ1) is 9.84. The third kappa shape index (κ3) is 2.96. The molecule has 0 radical (unpaired) electrons. The Morgan fingerprint density at radius 1 is 1.20 bits per heavy atom. The second-order valence-corrected chi connectivity index (χ2v) is 6.22. The molecule has 1 aromatic rings. The van der Waals surface area contributed by atoms with Crippen LogP contribution in [0.1, 0.15) is 40.9 Å². The van der Waals surface area contributed by atoms with Gasteiger partial charge in [-0.3, -0.25) is 4.79 Å². The predicted octanol–water partition coefficient (Wildman–Crippen LogP) is 3.26. The van der Waals surface area contributed by atoms with Crippen LogP contribution in [0.3, 0.4) is 0 Å². The standard InChI is InChI=1S/C16H20N2OS/c19-16(18-9-3-1-2-4-10-18)14-11-15(20-12-14)13-5-7-17-8-6-13/h5-7,11-12,17H,1-4,8-10H2. The van der Waals surface area contributed by atoms with Gasteiger partial charge in [-0.2, -0.15) is 0 Å². The zero-order chi connectivity index (χ0) is 13.8. The highest BCUT2D eigenvalue weighted by Gasteiger charge is 2.19. The summed E-state index contributed by atoms with van der Waals surface area (Å²) in [6, 6.07) is 2.04. The van der Waals surface area contributed by atoms with Gasteiger partial charge in [-0.15, -0.1) is 11.3 Å². The molecule has 106 valence electrons. The van der Waals surface area contributed by atoms with E-state index in [9.17, 15) is 4.79 Å². The molecule has 20 heavy (non-hydrogen) atoms. The lowest BCUT2D eigenvalue weighted by molar-refractivity contribution is 0.0762. The van der Waals surface area contributed by atoms with Crippen LogP contribution in [0.5, 0.6) is 0 Å². The fraction of sp³-hybridized carbons (Fsp3) is 0.438. The number of allylic oxidation sites excluding steroid dienone is 2. The monoisotopic (exact) mass is 288 g/mol. The molecule has 1 N–H and O–H groups in total. The molecule has 1 amide bonds. The third-order valence-electron chi connectivity index (χ3n) is 3.84. The fourth-order valence-electron chi connectivity index (χ4n) is 2.69. The molecule has 0 atom stereocenters. The van der Waals surface area contributed by atoms with Crippen molar-refractivity contribution in [2.75, 3.05) is 19.6 Å². The minimum Gasteiger partial charge on any atom is -0.387 e. The van der Waals surface area contributed by atoms with Crippen molar-refractivity contribution < 1.29 is 4.79 Å². The minimum absolute atomic E-state index is 0.202. The van der Waals surface area contributed by atoms with Crippen LogP contribution in [0.4, 0.5) is 0 Å². The molecule has 1 aromatic heterocycles. The van der Waals surface area contributed by atoms with Crippen LogP contribution in [-0.2, 0) is 0 Å². The summed E-state index contributed by atoms with van der Waals surface area (Å²) < 4.78 is 0. The number of dihydropyridines is 1. The molecule has 1 fully saturated rings. The first-order valence-electron chi connectivity index (χ1n) is 7.33. The number of hydrogen-bond donors (Lipinski definition) is 1. The van der Waals surface area contributed by atoms with Crippen LogP contribution < -0.4 is 5.32 Å². The zero-order valence-electron chi connectivity index (χ0n) is 11.6. The topological polar surface area (TPSA) is 32.3 Å². The highest BCUT2D eigenvalue weighted by Crippen LogP contribution is 2.26. The highest BCUT2D eigenvalue weighted by atomic mass is 32.1. The van der Waals surface area contributed by atoms with E-state index >= 15 is 0 Å². The maximum absolute atomic E-state index is 12.5. The first-order valence-corrected chi connectivity index (χ1v) is 8.21. The summed E-state index contributed by atoms with van der Waals surface area (Å²) in [5.41, 5.74) is 2.06. The second-order valence-electron chi connectivity index (χ2n) is 5.31. The molecule has 2 aliphatic rings. The molecule has 0 bridgehead atoms. The number of amides is 1. The number of nitrogens with zero attached hydrogens (tertiary/aromatic N) is 1. The van der Waals surface area contributed by atoms with Gasteiger partial charge in [0.2, 0.25) is 0 Å². The molecule has 0 saturated carbocycles. The zero-order valence-corrected chi connectivity index (χ0v) is 12.4. The van der Waals surface area contributed by atoms with Crippen molar-refractivity contribution in [2.45, 2.75) is 25.7 Å². The Morgan fingerprint density at radius 3 is 2.70 bits per heavy atom. The highest BCUT2D eigenvalue weighted by molar-refractivity contribution is 7.11. The van der Waals surface area contributed by atoms with Gasteiger partial charge in [-0.05, 0) is 36.8 Å². The molecule has 1 saturated heterocycles. The molecule has 4 heteroatoms. The van der Waals surface area contributed by atoms with Crippen molar-refractivity contribution in [1.29, 1.82) is 0 Å². The van der Waals surface area contributed by atoms with Gasteiger partial charge < -0.3 is 10.2 Å². The van der Waals surface area contributed by atoms with E-state index in [-0.39, 0.29) is 5.91 Å². The second kappa shape index (κ2) is 6.27. The van der Waals surface area contributed by atoms with Crippen molar-refractivity contribution in [3.05, 3.63) is 40.2 Å². The van der Waals surface area contributed by atoms with E-state index in [2.05, 4.69) is 17.5 Å². The van der Waals surface area contributed by atoms with Gasteiger partial charge >= 0.3 is 0 Å². The van der Waals surface area contributed by atoms with Crippen molar-refractivity contribution in [1.82, 2.24) is 10.2 Å². The fourth-order valence-corrected chi connectivity index (χ4v) is 3.60. The van der Waals surface area contributed by atoms with Crippen LogP contribution >= 0.6 is 11.3 Å². The summed E-state index contributed by atoms with van der Waals surface area (Å²) in [7, 11) is 0. The van der Waals surface area contributed by atoms with Crippen LogP contribution in [-0.4, -0.2) is 30.4 Å². The van der Waals surface area contributed by atoms with Gasteiger partial charge in [0.1, 0.15) is 0 Å². The third-order valence-corrected chi connectivity index (χ3v) is 4.82. The Balaban J connectivity index is 1.74. The first kappa shape index (κ1) is 13.4. The number of carbonyl (C=O) groups is 1. The SMILES string of the molecule is O=C(c1csc(C2=CCNC=C2)c1)N1CCCCCC1. The van der Waals surface area contributed by atoms with Gasteiger partial charge in [0, 0.05) is 29.9 Å². The molecule has 0 aliphatic carbocycles. The molecular weight excluding hydrogens is 268 g/mol. The summed E-state index contributed by atoms with van der Waals surface area (Å²) in [4.78, 5) is 15.7. The lowest BCUT2D eigenvalue weighted by Crippen LogP contribution is -2.31. The van der Waals surface area contributed by atoms with Gasteiger partial charge in [0.15, 0.2) is 0 Å².